The fourth-order valence-electron chi connectivity index (χ4n) is 4.05. The maximum atomic E-state index is 12.8. The third kappa shape index (κ3) is 3.54. The molecule has 0 N–H and O–H groups in total. The van der Waals surface area contributed by atoms with E-state index >= 15 is 0 Å². The van der Waals surface area contributed by atoms with Crippen LogP contribution in [-0.4, -0.2) is 17.8 Å². The van der Waals surface area contributed by atoms with Gasteiger partial charge < -0.3 is 4.74 Å². The molecule has 144 valence electrons. The van der Waals surface area contributed by atoms with E-state index in [0.717, 1.165) is 31.2 Å². The second-order valence-corrected chi connectivity index (χ2v) is 7.70. The Morgan fingerprint density at radius 2 is 1.68 bits per heavy atom. The van der Waals surface area contributed by atoms with Crippen LogP contribution >= 0.6 is 11.6 Å². The zero-order valence-corrected chi connectivity index (χ0v) is 16.0. The molecule has 2 atom stereocenters. The number of esters is 1. The molecule has 4 rings (SSSR count). The number of carbonyl (C=O) groups excluding carboxylic acids is 3. The predicted octanol–water partition coefficient (Wildman–Crippen LogP) is 4.38. The van der Waals surface area contributed by atoms with E-state index in [1.54, 1.807) is 42.5 Å². The maximum absolute atomic E-state index is 12.8. The Bertz CT molecular complexity index is 918. The number of fused-ring (bicyclic) bond motifs is 1. The summed E-state index contributed by atoms with van der Waals surface area (Å²) in [6.07, 6.45) is 3.47. The van der Waals surface area contributed by atoms with E-state index in [4.69, 9.17) is 16.3 Å². The highest BCUT2D eigenvalue weighted by Crippen LogP contribution is 2.40. The van der Waals surface area contributed by atoms with Crippen LogP contribution in [0.15, 0.2) is 48.5 Å². The molecule has 1 heterocycles. The Balaban J connectivity index is 1.50. The first-order valence-electron chi connectivity index (χ1n) is 9.44. The molecule has 1 saturated carbocycles. The van der Waals surface area contributed by atoms with Crippen LogP contribution in [0.2, 0.25) is 5.02 Å². The lowest BCUT2D eigenvalue weighted by Crippen LogP contribution is -2.31. The first-order valence-corrected chi connectivity index (χ1v) is 9.82. The van der Waals surface area contributed by atoms with Crippen molar-refractivity contribution in [2.24, 2.45) is 11.8 Å². The van der Waals surface area contributed by atoms with Crippen molar-refractivity contribution in [2.75, 3.05) is 4.90 Å². The minimum atomic E-state index is -0.515. The van der Waals surface area contributed by atoms with E-state index in [9.17, 15) is 14.4 Å². The van der Waals surface area contributed by atoms with Gasteiger partial charge in [0.25, 0.3) is 0 Å². The first kappa shape index (κ1) is 18.7. The number of hydrogen-bond donors (Lipinski definition) is 0. The lowest BCUT2D eigenvalue weighted by molar-refractivity contribution is -0.122. The normalized spacial score (nSPS) is 21.5. The lowest BCUT2D eigenvalue weighted by atomic mass is 9.81. The quantitative estimate of drug-likeness (QED) is 0.567. The molecule has 1 saturated heterocycles. The van der Waals surface area contributed by atoms with E-state index in [-0.39, 0.29) is 30.3 Å². The average Bonchev–Trinajstić information content (AvgIpc) is 2.97. The number of ether oxygens (including phenoxy) is 1. The number of rotatable bonds is 4. The summed E-state index contributed by atoms with van der Waals surface area (Å²) >= 11 is 5.94. The summed E-state index contributed by atoms with van der Waals surface area (Å²) in [6.45, 7) is 0.0926. The summed E-state index contributed by atoms with van der Waals surface area (Å²) in [7, 11) is 0. The van der Waals surface area contributed by atoms with Gasteiger partial charge in [0.1, 0.15) is 6.61 Å². The van der Waals surface area contributed by atoms with Crippen LogP contribution in [0.25, 0.3) is 0 Å². The second-order valence-electron chi connectivity index (χ2n) is 7.27. The monoisotopic (exact) mass is 397 g/mol. The summed E-state index contributed by atoms with van der Waals surface area (Å²) in [4.78, 5) is 39.2. The summed E-state index contributed by atoms with van der Waals surface area (Å²) in [6, 6.07) is 13.6. The number of imide groups is 1. The van der Waals surface area contributed by atoms with Gasteiger partial charge in [0, 0.05) is 5.02 Å². The standard InChI is InChI=1S/C22H20ClNO4/c23-16-7-3-5-14(11-16)13-28-22(27)15-6-4-8-17(12-15)24-20(25)18-9-1-2-10-19(18)21(24)26/h3-8,11-12,18-19H,1-2,9-10,13H2/t18-,19+. The fraction of sp³-hybridized carbons (Fsp3) is 0.318. The van der Waals surface area contributed by atoms with Gasteiger partial charge in [0.15, 0.2) is 0 Å². The van der Waals surface area contributed by atoms with Crippen molar-refractivity contribution in [3.8, 4) is 0 Å². The van der Waals surface area contributed by atoms with Crippen LogP contribution in [0.5, 0.6) is 0 Å². The van der Waals surface area contributed by atoms with Crippen LogP contribution in [0.4, 0.5) is 5.69 Å². The summed E-state index contributed by atoms with van der Waals surface area (Å²) in [5, 5.41) is 0.572. The van der Waals surface area contributed by atoms with Crippen molar-refractivity contribution in [2.45, 2.75) is 32.3 Å². The third-order valence-corrected chi connectivity index (χ3v) is 5.68. The number of benzene rings is 2. The number of hydrogen-bond acceptors (Lipinski definition) is 4. The lowest BCUT2D eigenvalue weighted by Gasteiger charge is -2.19. The van der Waals surface area contributed by atoms with Crippen LogP contribution < -0.4 is 4.90 Å². The molecule has 2 aromatic carbocycles. The van der Waals surface area contributed by atoms with Crippen molar-refractivity contribution < 1.29 is 19.1 Å². The average molecular weight is 398 g/mol. The molecule has 1 aliphatic carbocycles. The van der Waals surface area contributed by atoms with Gasteiger partial charge in [0.05, 0.1) is 23.1 Å². The molecule has 0 unspecified atom stereocenters. The van der Waals surface area contributed by atoms with Gasteiger partial charge in [-0.15, -0.1) is 0 Å². The van der Waals surface area contributed by atoms with E-state index in [1.807, 2.05) is 6.07 Å². The van der Waals surface area contributed by atoms with Gasteiger partial charge in [-0.1, -0.05) is 42.6 Å². The van der Waals surface area contributed by atoms with Gasteiger partial charge in [0.2, 0.25) is 11.8 Å². The number of carbonyl (C=O) groups is 3. The van der Waals surface area contributed by atoms with Crippen LogP contribution in [0.3, 0.4) is 0 Å². The van der Waals surface area contributed by atoms with Crippen LogP contribution in [-0.2, 0) is 20.9 Å². The Kier molecular flexibility index (Phi) is 5.18. The molecule has 1 aliphatic heterocycles. The minimum Gasteiger partial charge on any atom is -0.457 e. The Morgan fingerprint density at radius 1 is 1.00 bits per heavy atom. The number of nitrogens with zero attached hydrogens (tertiary/aromatic N) is 1. The van der Waals surface area contributed by atoms with Gasteiger partial charge >= 0.3 is 5.97 Å². The zero-order valence-electron chi connectivity index (χ0n) is 15.3. The molecule has 6 heteroatoms. The van der Waals surface area contributed by atoms with Crippen molar-refractivity contribution in [3.05, 3.63) is 64.7 Å². The summed E-state index contributed by atoms with van der Waals surface area (Å²) in [5.74, 6) is -1.27. The molecular formula is C22H20ClNO4. The molecule has 0 aromatic heterocycles. The van der Waals surface area contributed by atoms with Gasteiger partial charge in [-0.05, 0) is 48.7 Å². The predicted molar refractivity (Wildman–Crippen MR) is 105 cm³/mol. The topological polar surface area (TPSA) is 63.7 Å². The molecule has 2 amide bonds. The van der Waals surface area contributed by atoms with Crippen molar-refractivity contribution in [3.63, 3.8) is 0 Å². The highest BCUT2D eigenvalue weighted by molar-refractivity contribution is 6.30. The fourth-order valence-corrected chi connectivity index (χ4v) is 4.26. The molecule has 2 fully saturated rings. The summed E-state index contributed by atoms with van der Waals surface area (Å²) < 4.78 is 5.35. The van der Waals surface area contributed by atoms with Crippen molar-refractivity contribution in [1.29, 1.82) is 0 Å². The summed E-state index contributed by atoms with van der Waals surface area (Å²) in [5.41, 5.74) is 1.52. The zero-order chi connectivity index (χ0) is 19.7. The van der Waals surface area contributed by atoms with E-state index < -0.39 is 5.97 Å². The molecule has 0 spiro atoms. The molecule has 28 heavy (non-hydrogen) atoms. The van der Waals surface area contributed by atoms with Crippen LogP contribution in [0, 0.1) is 11.8 Å². The Labute approximate surface area is 168 Å². The maximum Gasteiger partial charge on any atom is 0.338 e. The molecule has 2 aromatic rings. The molecule has 2 aliphatic rings. The Hall–Kier alpha value is -2.66. The minimum absolute atomic E-state index is 0.0926. The molecule has 5 nitrogen and oxygen atoms in total. The largest absolute Gasteiger partial charge is 0.457 e. The van der Waals surface area contributed by atoms with E-state index in [2.05, 4.69) is 0 Å². The first-order chi connectivity index (χ1) is 13.5. The SMILES string of the molecule is O=C(OCc1cccc(Cl)c1)c1cccc(N2C(=O)[C@H]3CCCC[C@H]3C2=O)c1. The number of halogens is 1. The Morgan fingerprint density at radius 3 is 2.36 bits per heavy atom. The van der Waals surface area contributed by atoms with E-state index in [0.29, 0.717) is 16.3 Å². The van der Waals surface area contributed by atoms with Crippen LogP contribution in [0.1, 0.15) is 41.6 Å². The molecule has 0 radical (unpaired) electrons. The highest BCUT2D eigenvalue weighted by atomic mass is 35.5. The van der Waals surface area contributed by atoms with Crippen molar-refractivity contribution >= 4 is 35.1 Å². The molecular weight excluding hydrogens is 378 g/mol. The van der Waals surface area contributed by atoms with Crippen molar-refractivity contribution in [1.82, 2.24) is 0 Å². The molecule has 0 bridgehead atoms. The van der Waals surface area contributed by atoms with Gasteiger partial charge in [-0.25, -0.2) is 4.79 Å². The second kappa shape index (κ2) is 7.76. The van der Waals surface area contributed by atoms with E-state index in [1.165, 1.54) is 4.90 Å². The smallest absolute Gasteiger partial charge is 0.338 e. The van der Waals surface area contributed by atoms with Gasteiger partial charge in [-0.2, -0.15) is 0 Å². The third-order valence-electron chi connectivity index (χ3n) is 5.44. The number of amides is 2. The van der Waals surface area contributed by atoms with Gasteiger partial charge in [-0.3, -0.25) is 14.5 Å². The number of anilines is 1. The highest BCUT2D eigenvalue weighted by Gasteiger charge is 2.48.